The SMILES string of the molecule is Cc1ccc(NC(C)CCc2ccccc2)cc1C. The highest BCUT2D eigenvalue weighted by molar-refractivity contribution is 5.48. The van der Waals surface area contributed by atoms with Gasteiger partial charge in [0.1, 0.15) is 0 Å². The van der Waals surface area contributed by atoms with Crippen LogP contribution in [0.5, 0.6) is 0 Å². The van der Waals surface area contributed by atoms with Gasteiger partial charge in [-0.2, -0.15) is 0 Å². The van der Waals surface area contributed by atoms with Crippen LogP contribution in [0.25, 0.3) is 0 Å². The molecule has 2 rings (SSSR count). The Morgan fingerprint density at radius 2 is 1.68 bits per heavy atom. The first-order chi connectivity index (χ1) is 9.15. The summed E-state index contributed by atoms with van der Waals surface area (Å²) in [5.74, 6) is 0. The van der Waals surface area contributed by atoms with Crippen molar-refractivity contribution in [2.45, 2.75) is 39.7 Å². The molecule has 1 atom stereocenters. The van der Waals surface area contributed by atoms with E-state index < -0.39 is 0 Å². The topological polar surface area (TPSA) is 12.0 Å². The first-order valence-corrected chi connectivity index (χ1v) is 7.03. The summed E-state index contributed by atoms with van der Waals surface area (Å²) in [5.41, 5.74) is 5.34. The third-order valence-electron chi connectivity index (χ3n) is 3.63. The lowest BCUT2D eigenvalue weighted by molar-refractivity contribution is 0.706. The minimum Gasteiger partial charge on any atom is -0.383 e. The van der Waals surface area contributed by atoms with E-state index in [9.17, 15) is 0 Å². The van der Waals surface area contributed by atoms with E-state index in [1.54, 1.807) is 0 Å². The molecule has 19 heavy (non-hydrogen) atoms. The molecule has 0 aliphatic rings. The standard InChI is InChI=1S/C18H23N/c1-14-9-12-18(13-15(14)2)19-16(3)10-11-17-7-5-4-6-8-17/h4-9,12-13,16,19H,10-11H2,1-3H3. The van der Waals surface area contributed by atoms with Crippen LogP contribution < -0.4 is 5.32 Å². The minimum absolute atomic E-state index is 0.488. The van der Waals surface area contributed by atoms with Gasteiger partial charge in [-0.05, 0) is 62.4 Å². The Kier molecular flexibility index (Phi) is 4.62. The molecule has 1 N–H and O–H groups in total. The fraction of sp³-hybridized carbons (Fsp3) is 0.333. The normalized spacial score (nSPS) is 12.2. The Morgan fingerprint density at radius 3 is 2.37 bits per heavy atom. The highest BCUT2D eigenvalue weighted by Crippen LogP contribution is 2.16. The molecule has 0 fully saturated rings. The predicted octanol–water partition coefficient (Wildman–Crippen LogP) is 4.74. The maximum Gasteiger partial charge on any atom is 0.0345 e. The van der Waals surface area contributed by atoms with Crippen LogP contribution in [0.3, 0.4) is 0 Å². The average molecular weight is 253 g/mol. The zero-order chi connectivity index (χ0) is 13.7. The largest absolute Gasteiger partial charge is 0.383 e. The molecular weight excluding hydrogens is 230 g/mol. The third-order valence-corrected chi connectivity index (χ3v) is 3.63. The van der Waals surface area contributed by atoms with Crippen LogP contribution >= 0.6 is 0 Å². The van der Waals surface area contributed by atoms with Crippen LogP contribution in [0.15, 0.2) is 48.5 Å². The Labute approximate surface area is 116 Å². The predicted molar refractivity (Wildman–Crippen MR) is 83.8 cm³/mol. The van der Waals surface area contributed by atoms with Crippen LogP contribution in [0.2, 0.25) is 0 Å². The molecule has 2 aromatic carbocycles. The molecule has 100 valence electrons. The fourth-order valence-corrected chi connectivity index (χ4v) is 2.22. The van der Waals surface area contributed by atoms with E-state index in [2.05, 4.69) is 74.6 Å². The molecular formula is C18H23N. The summed E-state index contributed by atoms with van der Waals surface area (Å²) in [5, 5.41) is 3.58. The third kappa shape index (κ3) is 4.13. The number of anilines is 1. The molecule has 0 aromatic heterocycles. The summed E-state index contributed by atoms with van der Waals surface area (Å²) in [6, 6.07) is 17.7. The van der Waals surface area contributed by atoms with Crippen molar-refractivity contribution in [3.05, 3.63) is 65.2 Å². The monoisotopic (exact) mass is 253 g/mol. The molecule has 0 radical (unpaired) electrons. The van der Waals surface area contributed by atoms with Gasteiger partial charge in [-0.25, -0.2) is 0 Å². The number of hydrogen-bond acceptors (Lipinski definition) is 1. The number of nitrogens with one attached hydrogen (secondary N) is 1. The highest BCUT2D eigenvalue weighted by atomic mass is 14.9. The average Bonchev–Trinajstić information content (AvgIpc) is 2.42. The van der Waals surface area contributed by atoms with Crippen molar-refractivity contribution in [1.82, 2.24) is 0 Å². The molecule has 0 heterocycles. The lowest BCUT2D eigenvalue weighted by Gasteiger charge is -2.16. The van der Waals surface area contributed by atoms with Crippen LogP contribution in [0.4, 0.5) is 5.69 Å². The van der Waals surface area contributed by atoms with Crippen molar-refractivity contribution in [3.63, 3.8) is 0 Å². The number of aryl methyl sites for hydroxylation is 3. The van der Waals surface area contributed by atoms with E-state index in [1.807, 2.05) is 0 Å². The maximum atomic E-state index is 3.58. The molecule has 0 aliphatic carbocycles. The van der Waals surface area contributed by atoms with Gasteiger partial charge in [0.15, 0.2) is 0 Å². The second kappa shape index (κ2) is 6.42. The Bertz CT molecular complexity index is 516. The molecule has 2 aromatic rings. The van der Waals surface area contributed by atoms with Crippen LogP contribution in [0.1, 0.15) is 30.0 Å². The molecule has 1 heteroatoms. The number of hydrogen-bond donors (Lipinski definition) is 1. The number of benzene rings is 2. The van der Waals surface area contributed by atoms with Gasteiger partial charge >= 0.3 is 0 Å². The Balaban J connectivity index is 1.87. The lowest BCUT2D eigenvalue weighted by Crippen LogP contribution is -2.16. The Morgan fingerprint density at radius 1 is 0.947 bits per heavy atom. The quantitative estimate of drug-likeness (QED) is 0.811. The second-order valence-electron chi connectivity index (χ2n) is 5.37. The van der Waals surface area contributed by atoms with Gasteiger partial charge in [0.05, 0.1) is 0 Å². The smallest absolute Gasteiger partial charge is 0.0345 e. The van der Waals surface area contributed by atoms with Crippen molar-refractivity contribution in [1.29, 1.82) is 0 Å². The first kappa shape index (κ1) is 13.7. The molecule has 0 spiro atoms. The van der Waals surface area contributed by atoms with Gasteiger partial charge in [0, 0.05) is 11.7 Å². The van der Waals surface area contributed by atoms with E-state index in [0.717, 1.165) is 12.8 Å². The van der Waals surface area contributed by atoms with Crippen molar-refractivity contribution >= 4 is 5.69 Å². The summed E-state index contributed by atoms with van der Waals surface area (Å²) < 4.78 is 0. The van der Waals surface area contributed by atoms with Crippen LogP contribution in [-0.2, 0) is 6.42 Å². The molecule has 0 bridgehead atoms. The molecule has 1 nitrogen and oxygen atoms in total. The summed E-state index contributed by atoms with van der Waals surface area (Å²) in [6.45, 7) is 6.56. The molecule has 0 amide bonds. The van der Waals surface area contributed by atoms with Gasteiger partial charge < -0.3 is 5.32 Å². The summed E-state index contributed by atoms with van der Waals surface area (Å²) in [7, 11) is 0. The fourth-order valence-electron chi connectivity index (χ4n) is 2.22. The maximum absolute atomic E-state index is 3.58. The molecule has 0 aliphatic heterocycles. The highest BCUT2D eigenvalue weighted by Gasteiger charge is 2.03. The van der Waals surface area contributed by atoms with E-state index in [4.69, 9.17) is 0 Å². The van der Waals surface area contributed by atoms with E-state index in [1.165, 1.54) is 22.4 Å². The lowest BCUT2D eigenvalue weighted by atomic mass is 10.1. The summed E-state index contributed by atoms with van der Waals surface area (Å²) in [6.07, 6.45) is 2.27. The van der Waals surface area contributed by atoms with Gasteiger partial charge in [-0.15, -0.1) is 0 Å². The second-order valence-corrected chi connectivity index (χ2v) is 5.37. The molecule has 0 saturated heterocycles. The van der Waals surface area contributed by atoms with Crippen LogP contribution in [0, 0.1) is 13.8 Å². The molecule has 0 saturated carbocycles. The minimum atomic E-state index is 0.488. The van der Waals surface area contributed by atoms with E-state index in [0.29, 0.717) is 6.04 Å². The van der Waals surface area contributed by atoms with Crippen molar-refractivity contribution in [2.75, 3.05) is 5.32 Å². The van der Waals surface area contributed by atoms with Crippen molar-refractivity contribution in [2.24, 2.45) is 0 Å². The molecule has 1 unspecified atom stereocenters. The zero-order valence-electron chi connectivity index (χ0n) is 12.1. The van der Waals surface area contributed by atoms with Gasteiger partial charge in [0.2, 0.25) is 0 Å². The summed E-state index contributed by atoms with van der Waals surface area (Å²) >= 11 is 0. The van der Waals surface area contributed by atoms with Crippen LogP contribution in [-0.4, -0.2) is 6.04 Å². The Hall–Kier alpha value is -1.76. The van der Waals surface area contributed by atoms with Crippen molar-refractivity contribution < 1.29 is 0 Å². The first-order valence-electron chi connectivity index (χ1n) is 7.03. The van der Waals surface area contributed by atoms with Crippen molar-refractivity contribution in [3.8, 4) is 0 Å². The van der Waals surface area contributed by atoms with Gasteiger partial charge in [0.25, 0.3) is 0 Å². The van der Waals surface area contributed by atoms with Gasteiger partial charge in [-0.3, -0.25) is 0 Å². The van der Waals surface area contributed by atoms with E-state index in [-0.39, 0.29) is 0 Å². The number of rotatable bonds is 5. The van der Waals surface area contributed by atoms with Gasteiger partial charge in [-0.1, -0.05) is 36.4 Å². The zero-order valence-corrected chi connectivity index (χ0v) is 12.1. The van der Waals surface area contributed by atoms with E-state index >= 15 is 0 Å². The summed E-state index contributed by atoms with van der Waals surface area (Å²) in [4.78, 5) is 0.